The highest BCUT2D eigenvalue weighted by atomic mass is 32.2. The van der Waals surface area contributed by atoms with Crippen LogP contribution in [0.15, 0.2) is 0 Å². The molecule has 33 valence electrons. The summed E-state index contributed by atoms with van der Waals surface area (Å²) in [4.78, 5) is 0. The van der Waals surface area contributed by atoms with Crippen molar-refractivity contribution in [3.05, 3.63) is 0 Å². The summed E-state index contributed by atoms with van der Waals surface area (Å²) in [7, 11) is 0. The minimum absolute atomic E-state index is 1.19. The molecule has 0 spiro atoms. The van der Waals surface area contributed by atoms with Crippen LogP contribution in [-0.2, 0) is 0 Å². The van der Waals surface area contributed by atoms with Crippen molar-refractivity contribution < 1.29 is 0 Å². The second-order valence-electron chi connectivity index (χ2n) is 1.26. The predicted molar refractivity (Wildman–Crippen MR) is 29.9 cm³/mol. The maximum atomic E-state index is 3.97. The molecule has 0 aliphatic carbocycles. The molecule has 0 saturated carbocycles. The van der Waals surface area contributed by atoms with Crippen molar-refractivity contribution in [3.8, 4) is 0 Å². The summed E-state index contributed by atoms with van der Waals surface area (Å²) in [5.41, 5.74) is 0. The van der Waals surface area contributed by atoms with Crippen molar-refractivity contribution in [1.29, 1.82) is 0 Å². The molecule has 0 fully saturated rings. The molecule has 0 aromatic heterocycles. The Bertz CT molecular complexity index is 52.6. The second-order valence-corrected chi connectivity index (χ2v) is 2.14. The number of hydrogen-bond acceptors (Lipinski definition) is 2. The zero-order valence-corrected chi connectivity index (χ0v) is 4.37. The van der Waals surface area contributed by atoms with Gasteiger partial charge in [0.25, 0.3) is 0 Å². The summed E-state index contributed by atoms with van der Waals surface area (Å²) in [6, 6.07) is 0. The summed E-state index contributed by atoms with van der Waals surface area (Å²) in [6.45, 7) is 0. The van der Waals surface area contributed by atoms with Crippen molar-refractivity contribution in [2.45, 2.75) is 12.8 Å². The topological polar surface area (TPSA) is 14.1 Å². The van der Waals surface area contributed by atoms with E-state index in [9.17, 15) is 0 Å². The van der Waals surface area contributed by atoms with Gasteiger partial charge in [0.1, 0.15) is 0 Å². The molecule has 0 unspecified atom stereocenters. The van der Waals surface area contributed by atoms with Crippen molar-refractivity contribution in [2.24, 2.45) is 0 Å². The van der Waals surface area contributed by atoms with Crippen molar-refractivity contribution in [3.63, 3.8) is 0 Å². The van der Waals surface area contributed by atoms with Gasteiger partial charge in [-0.2, -0.15) is 0 Å². The van der Waals surface area contributed by atoms with E-state index in [1.807, 2.05) is 6.21 Å². The molecule has 1 aliphatic heterocycles. The maximum absolute atomic E-state index is 3.97. The molecule has 0 atom stereocenters. The first-order chi connectivity index (χ1) is 3.00. The summed E-state index contributed by atoms with van der Waals surface area (Å²) >= 11 is 1.66. The quantitative estimate of drug-likeness (QED) is 0.412. The normalized spacial score (nSPS) is 21.3. The molecule has 2 heteroatoms. The Hall–Kier alpha value is 0.0200. The molecular weight excluding hydrogens is 94.1 g/mol. The van der Waals surface area contributed by atoms with E-state index in [0.29, 0.717) is 0 Å². The maximum Gasteiger partial charge on any atom is 0.236 e. The molecule has 1 aliphatic rings. The number of nitrogens with zero attached hydrogens (tertiary/aromatic N) is 1. The van der Waals surface area contributed by atoms with Crippen LogP contribution >= 0.6 is 11.9 Å². The second kappa shape index (κ2) is 2.24. The van der Waals surface area contributed by atoms with Crippen LogP contribution in [0.4, 0.5) is 0 Å². The smallest absolute Gasteiger partial charge is 0.0284 e. The van der Waals surface area contributed by atoms with Crippen LogP contribution in [0.2, 0.25) is 0 Å². The Morgan fingerprint density at radius 2 is 2.67 bits per heavy atom. The van der Waals surface area contributed by atoms with Gasteiger partial charge in [-0.05, 0) is 6.42 Å². The Morgan fingerprint density at radius 1 is 1.67 bits per heavy atom. The van der Waals surface area contributed by atoms with Gasteiger partial charge in [0, 0.05) is 6.42 Å². The van der Waals surface area contributed by atoms with Gasteiger partial charge < -0.3 is 0 Å². The van der Waals surface area contributed by atoms with Gasteiger partial charge in [-0.3, -0.25) is 0 Å². The fourth-order valence-electron chi connectivity index (χ4n) is 0.397. The van der Waals surface area contributed by atoms with E-state index in [1.165, 1.54) is 18.6 Å². The molecule has 0 bridgehead atoms. The van der Waals surface area contributed by atoms with Gasteiger partial charge in [0.05, 0.1) is 10.2 Å². The first-order valence-corrected chi connectivity index (χ1v) is 3.08. The average molecular weight is 101 g/mol. The lowest BCUT2D eigenvalue weighted by Gasteiger charge is -1.83. The highest BCUT2D eigenvalue weighted by Gasteiger charge is 2.02. The lowest BCUT2D eigenvalue weighted by Crippen LogP contribution is -1.93. The Labute approximate surface area is 42.0 Å². The van der Waals surface area contributed by atoms with E-state index in [0.717, 1.165) is 0 Å². The standard InChI is InChI=1S/C4H7NS/c1-2-4-6-5-3-1/h3H,1-2,4H2/q+1. The van der Waals surface area contributed by atoms with E-state index in [4.69, 9.17) is 0 Å². The molecule has 1 heterocycles. The molecule has 0 N–H and O–H groups in total. The van der Waals surface area contributed by atoms with Gasteiger partial charge >= 0.3 is 0 Å². The monoisotopic (exact) mass is 101 g/mol. The van der Waals surface area contributed by atoms with Crippen LogP contribution in [0, 0.1) is 0 Å². The first kappa shape index (κ1) is 4.19. The highest BCUT2D eigenvalue weighted by Crippen LogP contribution is 2.01. The summed E-state index contributed by atoms with van der Waals surface area (Å²) in [6.07, 6.45) is 4.48. The lowest BCUT2D eigenvalue weighted by atomic mass is 10.4. The van der Waals surface area contributed by atoms with Gasteiger partial charge in [0.15, 0.2) is 0 Å². The van der Waals surface area contributed by atoms with Crippen LogP contribution in [0.5, 0.6) is 0 Å². The van der Waals surface area contributed by atoms with Crippen LogP contribution in [0.25, 0.3) is 0 Å². The van der Waals surface area contributed by atoms with Gasteiger partial charge in [-0.15, -0.1) is 0 Å². The van der Waals surface area contributed by atoms with Gasteiger partial charge in [0.2, 0.25) is 18.2 Å². The van der Waals surface area contributed by atoms with Gasteiger partial charge in [-0.1, -0.05) is 0 Å². The number of rotatable bonds is 0. The SMILES string of the molecule is C1=[N+]SCCC1. The largest absolute Gasteiger partial charge is 0.236 e. The van der Waals surface area contributed by atoms with Crippen molar-refractivity contribution in [1.82, 2.24) is 4.40 Å². The molecule has 0 aromatic carbocycles. The molecule has 1 rings (SSSR count). The zero-order valence-electron chi connectivity index (χ0n) is 3.55. The Kier molecular flexibility index (Phi) is 1.56. The van der Waals surface area contributed by atoms with Crippen LogP contribution in [-0.4, -0.2) is 12.0 Å². The molecular formula is C4H7NS+. The summed E-state index contributed by atoms with van der Waals surface area (Å²) < 4.78 is 3.97. The fraction of sp³-hybridized carbons (Fsp3) is 0.750. The van der Waals surface area contributed by atoms with E-state index < -0.39 is 0 Å². The molecule has 1 nitrogen and oxygen atoms in total. The third kappa shape index (κ3) is 1.01. The molecule has 6 heavy (non-hydrogen) atoms. The van der Waals surface area contributed by atoms with E-state index in [-0.39, 0.29) is 0 Å². The predicted octanol–water partition coefficient (Wildman–Crippen LogP) is 0.835. The lowest BCUT2D eigenvalue weighted by molar-refractivity contribution is 1.01. The number of hydrogen-bond donors (Lipinski definition) is 0. The minimum atomic E-state index is 1.19. The molecule has 1 radical (unpaired) electrons. The van der Waals surface area contributed by atoms with Crippen molar-refractivity contribution in [2.75, 3.05) is 5.75 Å². The molecule has 0 saturated heterocycles. The molecule has 0 aromatic rings. The fourth-order valence-corrected chi connectivity index (χ4v) is 1.01. The minimum Gasteiger partial charge on any atom is -0.0284 e. The Balaban J connectivity index is 2.26. The van der Waals surface area contributed by atoms with E-state index in [1.54, 1.807) is 11.9 Å². The van der Waals surface area contributed by atoms with E-state index in [2.05, 4.69) is 4.40 Å². The average Bonchev–Trinajstić information content (AvgIpc) is 1.72. The van der Waals surface area contributed by atoms with Gasteiger partial charge in [-0.25, -0.2) is 0 Å². The van der Waals surface area contributed by atoms with Crippen LogP contribution in [0.3, 0.4) is 0 Å². The molecule has 0 amide bonds. The van der Waals surface area contributed by atoms with Crippen LogP contribution < -0.4 is 4.40 Å². The van der Waals surface area contributed by atoms with Crippen LogP contribution in [0.1, 0.15) is 12.8 Å². The first-order valence-electron chi connectivity index (χ1n) is 2.14. The third-order valence-electron chi connectivity index (χ3n) is 0.718. The Morgan fingerprint density at radius 3 is 2.83 bits per heavy atom. The summed E-state index contributed by atoms with van der Waals surface area (Å²) in [5.74, 6) is 1.22. The zero-order chi connectivity index (χ0) is 4.24. The highest BCUT2D eigenvalue weighted by molar-refractivity contribution is 7.97. The third-order valence-corrected chi connectivity index (χ3v) is 1.49. The van der Waals surface area contributed by atoms with E-state index >= 15 is 0 Å². The summed E-state index contributed by atoms with van der Waals surface area (Å²) in [5, 5.41) is 0. The van der Waals surface area contributed by atoms with Crippen molar-refractivity contribution >= 4 is 18.2 Å².